The van der Waals surface area contributed by atoms with E-state index in [-0.39, 0.29) is 17.1 Å². The summed E-state index contributed by atoms with van der Waals surface area (Å²) in [5.41, 5.74) is 2.25. The van der Waals surface area contributed by atoms with Crippen LogP contribution in [0, 0.1) is 0 Å². The van der Waals surface area contributed by atoms with Gasteiger partial charge in [0.2, 0.25) is 5.91 Å². The fourth-order valence-corrected chi connectivity index (χ4v) is 3.75. The number of aryl methyl sites for hydroxylation is 2. The Labute approximate surface area is 129 Å². The van der Waals surface area contributed by atoms with Crippen LogP contribution in [0.25, 0.3) is 0 Å². The summed E-state index contributed by atoms with van der Waals surface area (Å²) in [5, 5.41) is 10.9. The molecular formula is C15H19NO5S. The predicted octanol–water partition coefficient (Wildman–Crippen LogP) is 0.928. The summed E-state index contributed by atoms with van der Waals surface area (Å²) < 4.78 is 24.5. The number of rotatable bonds is 6. The lowest BCUT2D eigenvalue weighted by Crippen LogP contribution is -2.38. The van der Waals surface area contributed by atoms with Crippen LogP contribution >= 0.6 is 0 Å². The lowest BCUT2D eigenvalue weighted by molar-refractivity contribution is -0.141. The molecule has 0 fully saturated rings. The Bertz CT molecular complexity index is 696. The number of fused-ring (bicyclic) bond motifs is 1. The maximum absolute atomic E-state index is 12.3. The SMILES string of the molecule is C[C@H](NC(=O)CCS(=O)(=O)c1ccc2c(c1)CCC2)C(=O)O. The van der Waals surface area contributed by atoms with E-state index in [0.717, 1.165) is 24.8 Å². The van der Waals surface area contributed by atoms with Crippen LogP contribution in [0.3, 0.4) is 0 Å². The molecule has 1 aliphatic carbocycles. The van der Waals surface area contributed by atoms with Crippen LogP contribution in [0.15, 0.2) is 23.1 Å². The molecule has 0 heterocycles. The first-order valence-corrected chi connectivity index (χ1v) is 8.81. The van der Waals surface area contributed by atoms with E-state index >= 15 is 0 Å². The Hall–Kier alpha value is -1.89. The number of amides is 1. The molecule has 1 atom stereocenters. The Balaban J connectivity index is 1.99. The predicted molar refractivity (Wildman–Crippen MR) is 80.4 cm³/mol. The van der Waals surface area contributed by atoms with Crippen LogP contribution in [0.2, 0.25) is 0 Å². The van der Waals surface area contributed by atoms with Gasteiger partial charge in [-0.3, -0.25) is 9.59 Å². The molecule has 2 N–H and O–H groups in total. The molecule has 22 heavy (non-hydrogen) atoms. The monoisotopic (exact) mass is 325 g/mol. The summed E-state index contributed by atoms with van der Waals surface area (Å²) in [7, 11) is -3.54. The second kappa shape index (κ2) is 6.48. The summed E-state index contributed by atoms with van der Waals surface area (Å²) in [4.78, 5) is 22.4. The lowest BCUT2D eigenvalue weighted by Gasteiger charge is -2.10. The van der Waals surface area contributed by atoms with Crippen LogP contribution in [0.4, 0.5) is 0 Å². The highest BCUT2D eigenvalue weighted by Crippen LogP contribution is 2.25. The summed E-state index contributed by atoms with van der Waals surface area (Å²) in [6, 6.07) is 4.07. The molecule has 0 spiro atoms. The molecule has 0 unspecified atom stereocenters. The van der Waals surface area contributed by atoms with Gasteiger partial charge in [0, 0.05) is 6.42 Å². The summed E-state index contributed by atoms with van der Waals surface area (Å²) in [6.45, 7) is 1.33. The molecule has 0 bridgehead atoms. The van der Waals surface area contributed by atoms with Gasteiger partial charge in [-0.05, 0) is 49.4 Å². The molecule has 0 aliphatic heterocycles. The quantitative estimate of drug-likeness (QED) is 0.810. The first-order valence-electron chi connectivity index (χ1n) is 7.16. The van der Waals surface area contributed by atoms with Crippen molar-refractivity contribution in [2.45, 2.75) is 43.5 Å². The number of hydrogen-bond donors (Lipinski definition) is 2. The summed E-state index contributed by atoms with van der Waals surface area (Å²) in [5.74, 6) is -2.07. The van der Waals surface area contributed by atoms with Crippen LogP contribution < -0.4 is 5.32 Å². The van der Waals surface area contributed by atoms with E-state index in [9.17, 15) is 18.0 Å². The third kappa shape index (κ3) is 3.85. The molecular weight excluding hydrogens is 306 g/mol. The zero-order chi connectivity index (χ0) is 16.3. The van der Waals surface area contributed by atoms with Gasteiger partial charge in [-0.2, -0.15) is 0 Å². The Morgan fingerprint density at radius 2 is 1.95 bits per heavy atom. The Kier molecular flexibility index (Phi) is 4.85. The number of hydrogen-bond acceptors (Lipinski definition) is 4. The number of nitrogens with one attached hydrogen (secondary N) is 1. The van der Waals surface area contributed by atoms with Gasteiger partial charge in [-0.1, -0.05) is 6.07 Å². The molecule has 0 radical (unpaired) electrons. The van der Waals surface area contributed by atoms with E-state index in [2.05, 4.69) is 5.32 Å². The van der Waals surface area contributed by atoms with Crippen molar-refractivity contribution < 1.29 is 23.1 Å². The van der Waals surface area contributed by atoms with E-state index in [0.29, 0.717) is 0 Å². The van der Waals surface area contributed by atoms with Crippen LogP contribution in [0.5, 0.6) is 0 Å². The van der Waals surface area contributed by atoms with Gasteiger partial charge in [0.15, 0.2) is 9.84 Å². The van der Waals surface area contributed by atoms with E-state index in [1.54, 1.807) is 12.1 Å². The van der Waals surface area contributed by atoms with Crippen LogP contribution in [0.1, 0.15) is 30.9 Å². The molecule has 7 heteroatoms. The summed E-state index contributed by atoms with van der Waals surface area (Å²) in [6.07, 6.45) is 2.64. The zero-order valence-electron chi connectivity index (χ0n) is 12.3. The van der Waals surface area contributed by atoms with Crippen LogP contribution in [-0.4, -0.2) is 37.2 Å². The van der Waals surface area contributed by atoms with E-state index in [1.165, 1.54) is 12.5 Å². The van der Waals surface area contributed by atoms with E-state index in [1.807, 2.05) is 6.07 Å². The number of carbonyl (C=O) groups is 2. The number of carbonyl (C=O) groups excluding carboxylic acids is 1. The molecule has 1 aliphatic rings. The van der Waals surface area contributed by atoms with Gasteiger partial charge in [0.05, 0.1) is 10.6 Å². The average molecular weight is 325 g/mol. The Morgan fingerprint density at radius 3 is 2.64 bits per heavy atom. The number of carboxylic acid groups (broad SMARTS) is 1. The van der Waals surface area contributed by atoms with Gasteiger partial charge < -0.3 is 10.4 Å². The van der Waals surface area contributed by atoms with Crippen molar-refractivity contribution in [3.63, 3.8) is 0 Å². The molecule has 0 saturated heterocycles. The second-order valence-corrected chi connectivity index (χ2v) is 7.59. The molecule has 1 aromatic rings. The first-order chi connectivity index (χ1) is 10.3. The second-order valence-electron chi connectivity index (χ2n) is 5.48. The van der Waals surface area contributed by atoms with Gasteiger partial charge in [-0.15, -0.1) is 0 Å². The fraction of sp³-hybridized carbons (Fsp3) is 0.467. The fourth-order valence-electron chi connectivity index (χ4n) is 2.46. The highest BCUT2D eigenvalue weighted by Gasteiger charge is 2.21. The van der Waals surface area contributed by atoms with Crippen molar-refractivity contribution in [1.29, 1.82) is 0 Å². The smallest absolute Gasteiger partial charge is 0.325 e. The number of carboxylic acids is 1. The molecule has 6 nitrogen and oxygen atoms in total. The van der Waals surface area contributed by atoms with Crippen LogP contribution in [-0.2, 0) is 32.3 Å². The number of benzene rings is 1. The van der Waals surface area contributed by atoms with Crippen molar-refractivity contribution in [1.82, 2.24) is 5.32 Å². The highest BCUT2D eigenvalue weighted by atomic mass is 32.2. The van der Waals surface area contributed by atoms with Crippen molar-refractivity contribution in [2.24, 2.45) is 0 Å². The van der Waals surface area contributed by atoms with Gasteiger partial charge >= 0.3 is 5.97 Å². The maximum Gasteiger partial charge on any atom is 0.325 e. The zero-order valence-corrected chi connectivity index (χ0v) is 13.1. The van der Waals surface area contributed by atoms with Gasteiger partial charge in [0.25, 0.3) is 0 Å². The van der Waals surface area contributed by atoms with E-state index < -0.39 is 27.8 Å². The minimum absolute atomic E-state index is 0.229. The largest absolute Gasteiger partial charge is 0.480 e. The standard InChI is InChI=1S/C15H19NO5S/c1-10(15(18)19)16-14(17)7-8-22(20,21)13-6-5-11-3-2-4-12(11)9-13/h5-6,9-10H,2-4,7-8H2,1H3,(H,16,17)(H,18,19)/t10-/m0/s1. The average Bonchev–Trinajstić information content (AvgIpc) is 2.92. The molecule has 0 saturated carbocycles. The number of aliphatic carboxylic acids is 1. The molecule has 120 valence electrons. The highest BCUT2D eigenvalue weighted by molar-refractivity contribution is 7.91. The van der Waals surface area contributed by atoms with Crippen molar-refractivity contribution in [2.75, 3.05) is 5.75 Å². The van der Waals surface area contributed by atoms with Crippen molar-refractivity contribution >= 4 is 21.7 Å². The van der Waals surface area contributed by atoms with Crippen molar-refractivity contribution in [3.8, 4) is 0 Å². The lowest BCUT2D eigenvalue weighted by atomic mass is 10.1. The molecule has 2 rings (SSSR count). The maximum atomic E-state index is 12.3. The summed E-state index contributed by atoms with van der Waals surface area (Å²) >= 11 is 0. The molecule has 1 aromatic carbocycles. The normalized spacial score (nSPS) is 15.1. The third-order valence-corrected chi connectivity index (χ3v) is 5.49. The van der Waals surface area contributed by atoms with Gasteiger partial charge in [0.1, 0.15) is 6.04 Å². The van der Waals surface area contributed by atoms with Gasteiger partial charge in [-0.25, -0.2) is 8.42 Å². The Morgan fingerprint density at radius 1 is 1.27 bits per heavy atom. The number of sulfone groups is 1. The first kappa shape index (κ1) is 16.5. The minimum Gasteiger partial charge on any atom is -0.480 e. The molecule has 0 aromatic heterocycles. The van der Waals surface area contributed by atoms with E-state index in [4.69, 9.17) is 5.11 Å². The van der Waals surface area contributed by atoms with Crippen molar-refractivity contribution in [3.05, 3.63) is 29.3 Å². The topological polar surface area (TPSA) is 101 Å². The minimum atomic E-state index is -3.54. The molecule has 1 amide bonds. The third-order valence-electron chi connectivity index (χ3n) is 3.77.